The van der Waals surface area contributed by atoms with Gasteiger partial charge in [0, 0.05) is 5.56 Å². The molecule has 3 aromatic rings. The number of benzene rings is 3. The number of carbonyl (C=O) groups excluding carboxylic acids is 1. The first-order valence-corrected chi connectivity index (χ1v) is 12.3. The number of anilines is 1. The minimum Gasteiger partial charge on any atom is -0.492 e. The summed E-state index contributed by atoms with van der Waals surface area (Å²) < 4.78 is 73.0. The number of amides is 1. The lowest BCUT2D eigenvalue weighted by molar-refractivity contribution is -0.137. The number of carbonyl (C=O) groups is 1. The molecule has 36 heavy (non-hydrogen) atoms. The van der Waals surface area contributed by atoms with Crippen LogP contribution in [0, 0.1) is 6.92 Å². The van der Waals surface area contributed by atoms with E-state index in [1.165, 1.54) is 36.4 Å². The zero-order valence-electron chi connectivity index (χ0n) is 19.5. The molecule has 0 aromatic heterocycles. The Hall–Kier alpha value is -3.86. The molecule has 190 valence electrons. The van der Waals surface area contributed by atoms with Gasteiger partial charge in [0.1, 0.15) is 12.3 Å². The standard InChI is InChI=1S/C25H24F3N3O4S/c1-3-35-23-11-7-6-10-22(23)31(36(33,34)20-14-12-18(2)13-15-20)17-24(32)30-29-16-19-8-4-5-9-21(19)25(26,27)28/h4-16H,3,17H2,1-2H3,(H,30,32)/b29-16-. The maximum absolute atomic E-state index is 13.5. The lowest BCUT2D eigenvalue weighted by atomic mass is 10.1. The molecule has 0 unspecified atom stereocenters. The summed E-state index contributed by atoms with van der Waals surface area (Å²) in [4.78, 5) is 12.7. The van der Waals surface area contributed by atoms with Gasteiger partial charge in [0.15, 0.2) is 0 Å². The van der Waals surface area contributed by atoms with Crippen LogP contribution in [0.3, 0.4) is 0 Å². The normalized spacial score (nSPS) is 11.9. The molecule has 0 aliphatic heterocycles. The second-order valence-corrected chi connectivity index (χ2v) is 9.47. The first-order chi connectivity index (χ1) is 17.0. The molecule has 11 heteroatoms. The molecule has 0 heterocycles. The van der Waals surface area contributed by atoms with Gasteiger partial charge in [-0.15, -0.1) is 0 Å². The van der Waals surface area contributed by atoms with Gasteiger partial charge in [0.25, 0.3) is 15.9 Å². The van der Waals surface area contributed by atoms with E-state index in [0.29, 0.717) is 0 Å². The fourth-order valence-electron chi connectivity index (χ4n) is 3.29. The second-order valence-electron chi connectivity index (χ2n) is 7.60. The van der Waals surface area contributed by atoms with Crippen molar-refractivity contribution in [3.8, 4) is 5.75 Å². The van der Waals surface area contributed by atoms with Crippen LogP contribution in [-0.4, -0.2) is 33.7 Å². The first kappa shape index (κ1) is 26.7. The number of hydrogen-bond donors (Lipinski definition) is 1. The molecule has 0 aliphatic carbocycles. The van der Waals surface area contributed by atoms with Crippen LogP contribution in [0.1, 0.15) is 23.6 Å². The highest BCUT2D eigenvalue weighted by Crippen LogP contribution is 2.33. The summed E-state index contributed by atoms with van der Waals surface area (Å²) >= 11 is 0. The van der Waals surface area contributed by atoms with Crippen LogP contribution in [0.2, 0.25) is 0 Å². The van der Waals surface area contributed by atoms with Crippen LogP contribution in [0.15, 0.2) is 82.8 Å². The van der Waals surface area contributed by atoms with Gasteiger partial charge in [-0.3, -0.25) is 9.10 Å². The molecule has 0 aliphatic rings. The summed E-state index contributed by atoms with van der Waals surface area (Å²) in [5, 5.41) is 3.61. The topological polar surface area (TPSA) is 88.1 Å². The molecule has 0 spiro atoms. The van der Waals surface area contributed by atoms with Crippen molar-refractivity contribution in [3.63, 3.8) is 0 Å². The Kier molecular flexibility index (Phi) is 8.36. The molecule has 7 nitrogen and oxygen atoms in total. The molecule has 3 rings (SSSR count). The smallest absolute Gasteiger partial charge is 0.417 e. The highest BCUT2D eigenvalue weighted by atomic mass is 32.2. The van der Waals surface area contributed by atoms with Crippen LogP contribution >= 0.6 is 0 Å². The highest BCUT2D eigenvalue weighted by molar-refractivity contribution is 7.92. The van der Waals surface area contributed by atoms with E-state index in [1.54, 1.807) is 44.2 Å². The van der Waals surface area contributed by atoms with Gasteiger partial charge >= 0.3 is 6.18 Å². The summed E-state index contributed by atoms with van der Waals surface area (Å²) in [6, 6.07) is 17.1. The third-order valence-corrected chi connectivity index (χ3v) is 6.76. The van der Waals surface area contributed by atoms with Gasteiger partial charge in [0.2, 0.25) is 0 Å². The van der Waals surface area contributed by atoms with Crippen LogP contribution in [0.25, 0.3) is 0 Å². The van der Waals surface area contributed by atoms with Crippen molar-refractivity contribution < 1.29 is 31.1 Å². The SMILES string of the molecule is CCOc1ccccc1N(CC(=O)N/N=C\c1ccccc1C(F)(F)F)S(=O)(=O)c1ccc(C)cc1. The fourth-order valence-corrected chi connectivity index (χ4v) is 4.72. The first-order valence-electron chi connectivity index (χ1n) is 10.8. The van der Waals surface area contributed by atoms with Gasteiger partial charge in [-0.2, -0.15) is 18.3 Å². The molecule has 1 N–H and O–H groups in total. The Morgan fingerprint density at radius 1 is 1.03 bits per heavy atom. The van der Waals surface area contributed by atoms with E-state index < -0.39 is 34.2 Å². The zero-order chi connectivity index (χ0) is 26.3. The summed E-state index contributed by atoms with van der Waals surface area (Å²) in [5.41, 5.74) is 1.91. The summed E-state index contributed by atoms with van der Waals surface area (Å²) in [5.74, 6) is -0.621. The molecular formula is C25H24F3N3O4S. The lowest BCUT2D eigenvalue weighted by Crippen LogP contribution is -2.39. The Morgan fingerprint density at radius 3 is 2.33 bits per heavy atom. The van der Waals surface area contributed by atoms with Crippen molar-refractivity contribution in [2.75, 3.05) is 17.5 Å². The molecular weight excluding hydrogens is 495 g/mol. The highest BCUT2D eigenvalue weighted by Gasteiger charge is 2.33. The number of nitrogens with one attached hydrogen (secondary N) is 1. The van der Waals surface area contributed by atoms with E-state index in [0.717, 1.165) is 22.1 Å². The maximum atomic E-state index is 13.5. The number of halogens is 3. The molecule has 0 bridgehead atoms. The minimum absolute atomic E-state index is 0.0465. The van der Waals surface area contributed by atoms with Gasteiger partial charge in [-0.25, -0.2) is 13.8 Å². The molecule has 0 atom stereocenters. The van der Waals surface area contributed by atoms with Crippen molar-refractivity contribution in [2.45, 2.75) is 24.9 Å². The van der Waals surface area contributed by atoms with Crippen molar-refractivity contribution in [1.29, 1.82) is 0 Å². The zero-order valence-corrected chi connectivity index (χ0v) is 20.3. The molecule has 0 fully saturated rings. The molecule has 1 amide bonds. The average Bonchev–Trinajstić information content (AvgIpc) is 2.83. The van der Waals surface area contributed by atoms with Crippen LogP contribution < -0.4 is 14.5 Å². The largest absolute Gasteiger partial charge is 0.492 e. The predicted octanol–water partition coefficient (Wildman–Crippen LogP) is 4.76. The summed E-state index contributed by atoms with van der Waals surface area (Å²) in [6.45, 7) is 3.10. The molecule has 0 radical (unpaired) electrons. The summed E-state index contributed by atoms with van der Waals surface area (Å²) in [7, 11) is -4.22. The maximum Gasteiger partial charge on any atom is 0.417 e. The van der Waals surface area contributed by atoms with E-state index in [-0.39, 0.29) is 28.5 Å². The Balaban J connectivity index is 1.91. The van der Waals surface area contributed by atoms with Gasteiger partial charge in [-0.1, -0.05) is 48.0 Å². The third-order valence-electron chi connectivity index (χ3n) is 4.99. The molecule has 0 saturated heterocycles. The van der Waals surface area contributed by atoms with Crippen molar-refractivity contribution in [3.05, 3.63) is 89.5 Å². The quantitative estimate of drug-likeness (QED) is 0.326. The fraction of sp³-hybridized carbons (Fsp3) is 0.200. The lowest BCUT2D eigenvalue weighted by Gasteiger charge is -2.25. The van der Waals surface area contributed by atoms with Gasteiger partial charge in [0.05, 0.1) is 29.0 Å². The number of sulfonamides is 1. The number of para-hydroxylation sites is 2. The van der Waals surface area contributed by atoms with Crippen LogP contribution in [-0.2, 0) is 21.0 Å². The average molecular weight is 520 g/mol. The predicted molar refractivity (Wildman–Crippen MR) is 131 cm³/mol. The third kappa shape index (κ3) is 6.42. The number of hydrazone groups is 1. The van der Waals surface area contributed by atoms with Crippen LogP contribution in [0.4, 0.5) is 18.9 Å². The molecule has 3 aromatic carbocycles. The van der Waals surface area contributed by atoms with Crippen molar-refractivity contribution in [1.82, 2.24) is 5.43 Å². The van der Waals surface area contributed by atoms with Crippen molar-refractivity contribution >= 4 is 27.8 Å². The molecule has 0 saturated carbocycles. The Labute approximate surface area is 207 Å². The van der Waals surface area contributed by atoms with Crippen LogP contribution in [0.5, 0.6) is 5.75 Å². The monoisotopic (exact) mass is 519 g/mol. The van der Waals surface area contributed by atoms with E-state index >= 15 is 0 Å². The van der Waals surface area contributed by atoms with E-state index in [9.17, 15) is 26.4 Å². The second kappa shape index (κ2) is 11.3. The number of alkyl halides is 3. The number of nitrogens with zero attached hydrogens (tertiary/aromatic N) is 2. The van der Waals surface area contributed by atoms with Crippen molar-refractivity contribution in [2.24, 2.45) is 5.10 Å². The number of hydrogen-bond acceptors (Lipinski definition) is 5. The number of rotatable bonds is 9. The number of ether oxygens (including phenoxy) is 1. The van der Waals surface area contributed by atoms with E-state index in [1.807, 2.05) is 0 Å². The van der Waals surface area contributed by atoms with E-state index in [4.69, 9.17) is 4.74 Å². The Morgan fingerprint density at radius 2 is 1.67 bits per heavy atom. The number of aryl methyl sites for hydroxylation is 1. The minimum atomic E-state index is -4.60. The Bertz CT molecular complexity index is 1340. The summed E-state index contributed by atoms with van der Waals surface area (Å²) in [6.07, 6.45) is -3.75. The van der Waals surface area contributed by atoms with Gasteiger partial charge in [-0.05, 0) is 44.2 Å². The van der Waals surface area contributed by atoms with Gasteiger partial charge < -0.3 is 4.74 Å². The van der Waals surface area contributed by atoms with E-state index in [2.05, 4.69) is 10.5 Å².